The molecule has 0 atom stereocenters. The molecule has 1 amide bonds. The van der Waals surface area contributed by atoms with Crippen molar-refractivity contribution in [3.63, 3.8) is 0 Å². The number of unbranched alkanes of at least 4 members (excludes halogenated alkanes) is 1. The summed E-state index contributed by atoms with van der Waals surface area (Å²) < 4.78 is 16.1. The number of benzene rings is 3. The molecule has 8 nitrogen and oxygen atoms in total. The summed E-state index contributed by atoms with van der Waals surface area (Å²) in [5, 5.41) is 26.3. The van der Waals surface area contributed by atoms with Gasteiger partial charge in [0.25, 0.3) is 5.91 Å². The Morgan fingerprint density at radius 2 is 1.82 bits per heavy atom. The summed E-state index contributed by atoms with van der Waals surface area (Å²) in [6.07, 6.45) is 6.10. The fourth-order valence-electron chi connectivity index (χ4n) is 3.55. The Kier molecular flexibility index (Phi) is 9.94. The number of rotatable bonds is 8. The van der Waals surface area contributed by atoms with E-state index in [0.717, 1.165) is 23.3 Å². The molecule has 3 aromatic carbocycles. The molecule has 0 radical (unpaired) electrons. The first kappa shape index (κ1) is 29.1. The average Bonchev–Trinajstić information content (AvgIpc) is 3.31. The number of nitrogens with one attached hydrogen (secondary N) is 4. The summed E-state index contributed by atoms with van der Waals surface area (Å²) in [6.45, 7) is 5.98. The molecule has 0 spiro atoms. The number of aromatic nitrogens is 2. The summed E-state index contributed by atoms with van der Waals surface area (Å²) in [4.78, 5) is 12.3. The van der Waals surface area contributed by atoms with Crippen LogP contribution in [-0.4, -0.2) is 28.1 Å². The van der Waals surface area contributed by atoms with Gasteiger partial charge in [-0.1, -0.05) is 56.5 Å². The van der Waals surface area contributed by atoms with Gasteiger partial charge in [0.1, 0.15) is 5.82 Å². The minimum Gasteiger partial charge on any atom is -0.398 e. The zero-order valence-electron chi connectivity index (χ0n) is 22.0. The number of para-hydroxylation sites is 1. The summed E-state index contributed by atoms with van der Waals surface area (Å²) in [5.41, 5.74) is 8.50. The first-order valence-electron chi connectivity index (χ1n) is 12.4. The van der Waals surface area contributed by atoms with Gasteiger partial charge in [-0.15, -0.1) is 5.10 Å². The molecule has 0 unspecified atom stereocenters. The van der Waals surface area contributed by atoms with Crippen LogP contribution in [0.3, 0.4) is 0 Å². The highest BCUT2D eigenvalue weighted by Gasteiger charge is 2.17. The molecule has 1 aromatic heterocycles. The van der Waals surface area contributed by atoms with Gasteiger partial charge in [0.15, 0.2) is 5.82 Å². The van der Waals surface area contributed by atoms with E-state index in [-0.39, 0.29) is 16.3 Å². The molecule has 0 fully saturated rings. The summed E-state index contributed by atoms with van der Waals surface area (Å²) in [7, 11) is 0. The van der Waals surface area contributed by atoms with Crippen molar-refractivity contribution in [2.24, 2.45) is 0 Å². The van der Waals surface area contributed by atoms with Crippen LogP contribution < -0.4 is 16.4 Å². The van der Waals surface area contributed by atoms with Crippen LogP contribution in [-0.2, 0) is 4.79 Å². The van der Waals surface area contributed by atoms with E-state index in [0.29, 0.717) is 28.4 Å². The van der Waals surface area contributed by atoms with Gasteiger partial charge in [-0.25, -0.2) is 9.07 Å². The lowest BCUT2D eigenvalue weighted by atomic mass is 10.1. The molecule has 39 heavy (non-hydrogen) atoms. The Labute approximate surface area is 231 Å². The number of fused-ring (bicyclic) bond motifs is 1. The van der Waals surface area contributed by atoms with Gasteiger partial charge in [-0.05, 0) is 49.4 Å². The lowest BCUT2D eigenvalue weighted by Crippen LogP contribution is -2.16. The Balaban J connectivity index is 0.000000983. The highest BCUT2D eigenvalue weighted by atomic mass is 35.5. The Morgan fingerprint density at radius 1 is 1.10 bits per heavy atom. The van der Waals surface area contributed by atoms with Gasteiger partial charge < -0.3 is 27.2 Å². The monoisotopic (exact) mass is 547 g/mol. The summed E-state index contributed by atoms with van der Waals surface area (Å²) >= 11 is 6.44. The van der Waals surface area contributed by atoms with E-state index in [9.17, 15) is 9.18 Å². The summed E-state index contributed by atoms with van der Waals surface area (Å²) in [5.74, 6) is -0.727. The number of carbonyl (C=O) groups is 1. The third-order valence-electron chi connectivity index (χ3n) is 5.87. The second-order valence-electron chi connectivity index (χ2n) is 8.48. The zero-order valence-corrected chi connectivity index (χ0v) is 22.7. The zero-order chi connectivity index (χ0) is 28.5. The highest BCUT2D eigenvalue weighted by molar-refractivity contribution is 6.36. The molecule has 10 heteroatoms. The number of carbonyl (C=O) groups excluding carboxylic acids is 1. The standard InChI is InChI=1S/C25H21ClFN7O.C4H10/c1-2-14(12-28)25(35)32-21-11-15(7-8-18(21)27)34-22-6-4-3-5-16(22)24(33-34)31-20-10-9-19(30)17(13-29)23(20)26;1-3-4-2/h2-13,28-29H,30H2,1H3,(H,31,33)(H,32,35);3-4H2,1-2H3/b14-2+,28-12?,29-13?;. The largest absolute Gasteiger partial charge is 0.398 e. The number of nitrogens with zero attached hydrogens (tertiary/aromatic N) is 2. The quantitative estimate of drug-likeness (QED) is 0.0887. The van der Waals surface area contributed by atoms with Crippen molar-refractivity contribution in [3.8, 4) is 5.69 Å². The fourth-order valence-corrected chi connectivity index (χ4v) is 3.82. The molecular weight excluding hydrogens is 517 g/mol. The van der Waals surface area contributed by atoms with Crippen LogP contribution in [0, 0.1) is 16.6 Å². The van der Waals surface area contributed by atoms with Crippen molar-refractivity contribution >= 4 is 63.7 Å². The van der Waals surface area contributed by atoms with Gasteiger partial charge in [-0.2, -0.15) is 0 Å². The SMILES string of the molecule is C/C=C(\C=N)C(=O)Nc1cc(-n2nc(Nc3ccc(N)c(C=N)c3Cl)c3ccccc32)ccc1F.CCCC. The van der Waals surface area contributed by atoms with E-state index < -0.39 is 11.7 Å². The van der Waals surface area contributed by atoms with E-state index in [1.165, 1.54) is 31.1 Å². The van der Waals surface area contributed by atoms with Gasteiger partial charge in [0, 0.05) is 29.1 Å². The number of hydrogen-bond donors (Lipinski definition) is 5. The lowest BCUT2D eigenvalue weighted by molar-refractivity contribution is -0.112. The van der Waals surface area contributed by atoms with Crippen LogP contribution in [0.5, 0.6) is 0 Å². The van der Waals surface area contributed by atoms with E-state index >= 15 is 0 Å². The number of nitrogen functional groups attached to an aromatic ring is 1. The van der Waals surface area contributed by atoms with Crippen molar-refractivity contribution in [3.05, 3.63) is 82.6 Å². The van der Waals surface area contributed by atoms with Gasteiger partial charge in [-0.3, -0.25) is 4.79 Å². The summed E-state index contributed by atoms with van der Waals surface area (Å²) in [6, 6.07) is 15.0. The number of halogens is 2. The topological polar surface area (TPSA) is 133 Å². The maximum absolute atomic E-state index is 14.5. The lowest BCUT2D eigenvalue weighted by Gasteiger charge is -2.11. The molecule has 4 rings (SSSR count). The van der Waals surface area contributed by atoms with E-state index in [4.69, 9.17) is 28.2 Å². The Morgan fingerprint density at radius 3 is 2.46 bits per heavy atom. The van der Waals surface area contributed by atoms with Gasteiger partial charge in [0.2, 0.25) is 0 Å². The third-order valence-corrected chi connectivity index (χ3v) is 6.28. The van der Waals surface area contributed by atoms with Crippen LogP contribution in [0.1, 0.15) is 39.2 Å². The van der Waals surface area contributed by atoms with Crippen LogP contribution in [0.15, 0.2) is 66.2 Å². The van der Waals surface area contributed by atoms with Crippen molar-refractivity contribution in [2.45, 2.75) is 33.6 Å². The second-order valence-corrected chi connectivity index (χ2v) is 8.86. The van der Waals surface area contributed by atoms with Crippen molar-refractivity contribution in [2.75, 3.05) is 16.4 Å². The molecule has 0 saturated heterocycles. The van der Waals surface area contributed by atoms with Crippen LogP contribution in [0.25, 0.3) is 16.6 Å². The Hall–Kier alpha value is -4.50. The van der Waals surface area contributed by atoms with Gasteiger partial charge >= 0.3 is 0 Å². The first-order chi connectivity index (χ1) is 18.8. The number of nitrogens with two attached hydrogens (primary N) is 1. The van der Waals surface area contributed by atoms with Crippen LogP contribution >= 0.6 is 11.6 Å². The fraction of sp³-hybridized carbons (Fsp3) is 0.172. The smallest absolute Gasteiger partial charge is 0.256 e. The third kappa shape index (κ3) is 6.50. The molecule has 1 heterocycles. The van der Waals surface area contributed by atoms with E-state index in [1.54, 1.807) is 29.8 Å². The average molecular weight is 548 g/mol. The number of anilines is 4. The second kappa shape index (κ2) is 13.3. The maximum Gasteiger partial charge on any atom is 0.256 e. The molecule has 6 N–H and O–H groups in total. The molecule has 202 valence electrons. The highest BCUT2D eigenvalue weighted by Crippen LogP contribution is 2.34. The molecule has 0 aliphatic heterocycles. The van der Waals surface area contributed by atoms with Crippen LogP contribution in [0.4, 0.5) is 27.3 Å². The van der Waals surface area contributed by atoms with Crippen LogP contribution in [0.2, 0.25) is 5.02 Å². The predicted octanol–water partition coefficient (Wildman–Crippen LogP) is 7.48. The molecule has 0 saturated carbocycles. The first-order valence-corrected chi connectivity index (χ1v) is 12.8. The number of hydrogen-bond acceptors (Lipinski definition) is 6. The number of amides is 1. The van der Waals surface area contributed by atoms with Crippen molar-refractivity contribution < 1.29 is 9.18 Å². The molecular formula is C29H31ClFN7O. The molecule has 0 aliphatic carbocycles. The van der Waals surface area contributed by atoms with Crippen molar-refractivity contribution in [1.82, 2.24) is 9.78 Å². The maximum atomic E-state index is 14.5. The predicted molar refractivity (Wildman–Crippen MR) is 160 cm³/mol. The minimum atomic E-state index is -0.620. The molecule has 4 aromatic rings. The normalized spacial score (nSPS) is 10.9. The van der Waals surface area contributed by atoms with E-state index in [2.05, 4.69) is 29.6 Å². The van der Waals surface area contributed by atoms with E-state index in [1.807, 2.05) is 24.3 Å². The van der Waals surface area contributed by atoms with Crippen molar-refractivity contribution in [1.29, 1.82) is 10.8 Å². The molecule has 0 bridgehead atoms. The number of allylic oxidation sites excluding steroid dienone is 1. The Bertz CT molecular complexity index is 1540. The molecule has 0 aliphatic rings. The minimum absolute atomic E-state index is 0.0417. The van der Waals surface area contributed by atoms with Gasteiger partial charge in [0.05, 0.1) is 33.2 Å².